The topological polar surface area (TPSA) is 70.4 Å². The largest absolute Gasteiger partial charge is 0.367 e. The van der Waals surface area contributed by atoms with Crippen LogP contribution in [0.5, 0.6) is 0 Å². The summed E-state index contributed by atoms with van der Waals surface area (Å²) in [6.07, 6.45) is 6.34. The Morgan fingerprint density at radius 3 is 2.92 bits per heavy atom. The number of hydrogen-bond donors (Lipinski definition) is 2. The van der Waals surface area contributed by atoms with E-state index in [2.05, 4.69) is 45.7 Å². The molecule has 1 atom stereocenters. The first kappa shape index (κ1) is 18.7. The Morgan fingerprint density at radius 1 is 1.42 bits per heavy atom. The molecule has 3 rings (SSSR count). The van der Waals surface area contributed by atoms with Crippen LogP contribution in [0.25, 0.3) is 0 Å². The van der Waals surface area contributed by atoms with Gasteiger partial charge in [-0.2, -0.15) is 5.10 Å². The summed E-state index contributed by atoms with van der Waals surface area (Å²) >= 11 is 1.73. The number of guanidine groups is 1. The van der Waals surface area contributed by atoms with Crippen LogP contribution >= 0.6 is 11.3 Å². The number of thiazole rings is 1. The molecular formula is C18H29N7S. The Balaban J connectivity index is 1.63. The highest BCUT2D eigenvalue weighted by Gasteiger charge is 2.21. The van der Waals surface area contributed by atoms with Gasteiger partial charge in [0.1, 0.15) is 0 Å². The van der Waals surface area contributed by atoms with Gasteiger partial charge in [-0.3, -0.25) is 4.68 Å². The number of piperidine rings is 1. The average molecular weight is 376 g/mol. The third-order valence-corrected chi connectivity index (χ3v) is 5.60. The second-order valence-electron chi connectivity index (χ2n) is 6.74. The molecule has 3 heterocycles. The molecule has 2 N–H and O–H groups in total. The van der Waals surface area contributed by atoms with Gasteiger partial charge in [-0.25, -0.2) is 9.98 Å². The van der Waals surface area contributed by atoms with Crippen molar-refractivity contribution in [1.29, 1.82) is 0 Å². The lowest BCUT2D eigenvalue weighted by molar-refractivity contribution is 0.468. The van der Waals surface area contributed by atoms with Crippen LogP contribution < -0.4 is 15.5 Å². The molecule has 1 aliphatic rings. The van der Waals surface area contributed by atoms with E-state index in [9.17, 15) is 0 Å². The second-order valence-corrected chi connectivity index (χ2v) is 8.03. The van der Waals surface area contributed by atoms with E-state index in [0.29, 0.717) is 12.6 Å². The Kier molecular flexibility index (Phi) is 6.13. The first-order valence-corrected chi connectivity index (χ1v) is 10.1. The van der Waals surface area contributed by atoms with Crippen molar-refractivity contribution in [2.45, 2.75) is 46.2 Å². The highest BCUT2D eigenvalue weighted by molar-refractivity contribution is 7.11. The molecule has 0 saturated carbocycles. The van der Waals surface area contributed by atoms with Crippen LogP contribution in [0, 0.1) is 13.8 Å². The zero-order chi connectivity index (χ0) is 18.5. The average Bonchev–Trinajstić information content (AvgIpc) is 3.18. The van der Waals surface area contributed by atoms with Crippen molar-refractivity contribution in [3.63, 3.8) is 0 Å². The zero-order valence-corrected chi connectivity index (χ0v) is 16.9. The number of rotatable bonds is 5. The molecule has 1 saturated heterocycles. The van der Waals surface area contributed by atoms with Crippen LogP contribution in [0.1, 0.15) is 35.3 Å². The Hall–Kier alpha value is -2.09. The third-order valence-electron chi connectivity index (χ3n) is 4.54. The molecule has 142 valence electrons. The maximum Gasteiger partial charge on any atom is 0.191 e. The van der Waals surface area contributed by atoms with Gasteiger partial charge in [-0.05, 0) is 33.6 Å². The van der Waals surface area contributed by atoms with Gasteiger partial charge in [0.05, 0.1) is 29.1 Å². The number of hydrogen-bond acceptors (Lipinski definition) is 5. The molecule has 0 aliphatic carbocycles. The summed E-state index contributed by atoms with van der Waals surface area (Å²) in [5.74, 6) is 0.885. The minimum atomic E-state index is 0.381. The van der Waals surface area contributed by atoms with Gasteiger partial charge in [0.15, 0.2) is 5.96 Å². The summed E-state index contributed by atoms with van der Waals surface area (Å²) in [4.78, 5) is 12.9. The quantitative estimate of drug-likeness (QED) is 0.619. The van der Waals surface area contributed by atoms with E-state index in [-0.39, 0.29) is 0 Å². The predicted octanol–water partition coefficient (Wildman–Crippen LogP) is 2.22. The van der Waals surface area contributed by atoms with E-state index in [4.69, 9.17) is 4.99 Å². The first-order chi connectivity index (χ1) is 12.5. The van der Waals surface area contributed by atoms with E-state index in [1.54, 1.807) is 11.3 Å². The molecule has 1 fully saturated rings. The van der Waals surface area contributed by atoms with Crippen LogP contribution in [0.2, 0.25) is 0 Å². The SMILES string of the molecule is CCNC(=NCc1sc(C)nc1C)NC1CCCN(c2cnn(C)c2)C1. The fourth-order valence-electron chi connectivity index (χ4n) is 3.29. The summed E-state index contributed by atoms with van der Waals surface area (Å²) in [6, 6.07) is 0.381. The third kappa shape index (κ3) is 4.75. The normalized spacial score (nSPS) is 18.2. The fraction of sp³-hybridized carbons (Fsp3) is 0.611. The molecule has 0 aromatic carbocycles. The molecule has 1 aliphatic heterocycles. The smallest absolute Gasteiger partial charge is 0.191 e. The van der Waals surface area contributed by atoms with Gasteiger partial charge >= 0.3 is 0 Å². The molecule has 8 heteroatoms. The predicted molar refractivity (Wildman–Crippen MR) is 108 cm³/mol. The van der Waals surface area contributed by atoms with Crippen molar-refractivity contribution < 1.29 is 0 Å². The number of aliphatic imine (C=N–C) groups is 1. The lowest BCUT2D eigenvalue weighted by atomic mass is 10.1. The number of nitrogens with zero attached hydrogens (tertiary/aromatic N) is 5. The highest BCUT2D eigenvalue weighted by atomic mass is 32.1. The summed E-state index contributed by atoms with van der Waals surface area (Å²) in [7, 11) is 1.96. The highest BCUT2D eigenvalue weighted by Crippen LogP contribution is 2.20. The van der Waals surface area contributed by atoms with E-state index >= 15 is 0 Å². The van der Waals surface area contributed by atoms with E-state index in [0.717, 1.165) is 42.7 Å². The molecule has 0 spiro atoms. The molecule has 0 amide bonds. The number of aryl methyl sites for hydroxylation is 3. The van der Waals surface area contributed by atoms with Gasteiger partial charge in [0.2, 0.25) is 0 Å². The van der Waals surface area contributed by atoms with Gasteiger partial charge < -0.3 is 15.5 Å². The summed E-state index contributed by atoms with van der Waals surface area (Å²) in [5.41, 5.74) is 2.28. The molecule has 26 heavy (non-hydrogen) atoms. The number of nitrogens with one attached hydrogen (secondary N) is 2. The zero-order valence-electron chi connectivity index (χ0n) is 16.1. The Labute approximate surface area is 159 Å². The standard InChI is InChI=1S/C18H29N7S/c1-5-19-18(20-10-17-13(2)22-14(3)26-17)23-15-7-6-8-25(11-15)16-9-21-24(4)12-16/h9,12,15H,5-8,10-11H2,1-4H3,(H2,19,20,23). The molecule has 7 nitrogen and oxygen atoms in total. The second kappa shape index (κ2) is 8.53. The van der Waals surface area contributed by atoms with Crippen molar-refractivity contribution in [2.75, 3.05) is 24.5 Å². The van der Waals surface area contributed by atoms with Crippen LogP contribution in [0.15, 0.2) is 17.4 Å². The van der Waals surface area contributed by atoms with Gasteiger partial charge in [0.25, 0.3) is 0 Å². The molecule has 2 aromatic rings. The van der Waals surface area contributed by atoms with E-state index in [1.807, 2.05) is 24.9 Å². The van der Waals surface area contributed by atoms with Crippen LogP contribution in [-0.2, 0) is 13.6 Å². The number of anilines is 1. The van der Waals surface area contributed by atoms with E-state index in [1.165, 1.54) is 17.0 Å². The van der Waals surface area contributed by atoms with Crippen molar-refractivity contribution >= 4 is 23.0 Å². The maximum atomic E-state index is 4.78. The van der Waals surface area contributed by atoms with Crippen molar-refractivity contribution in [1.82, 2.24) is 25.4 Å². The minimum absolute atomic E-state index is 0.381. The molecule has 1 unspecified atom stereocenters. The molecular weight excluding hydrogens is 346 g/mol. The summed E-state index contributed by atoms with van der Waals surface area (Å²) in [5, 5.41) is 12.4. The monoisotopic (exact) mass is 375 g/mol. The molecule has 2 aromatic heterocycles. The number of aromatic nitrogens is 3. The lowest BCUT2D eigenvalue weighted by Gasteiger charge is -2.34. The molecule has 0 bridgehead atoms. The van der Waals surface area contributed by atoms with Crippen molar-refractivity contribution in [3.05, 3.63) is 28.0 Å². The Morgan fingerprint density at radius 2 is 2.27 bits per heavy atom. The van der Waals surface area contributed by atoms with Crippen LogP contribution in [0.3, 0.4) is 0 Å². The van der Waals surface area contributed by atoms with Crippen molar-refractivity contribution in [2.24, 2.45) is 12.0 Å². The first-order valence-electron chi connectivity index (χ1n) is 9.26. The van der Waals surface area contributed by atoms with Crippen LogP contribution in [0.4, 0.5) is 5.69 Å². The van der Waals surface area contributed by atoms with Gasteiger partial charge in [0, 0.05) is 43.8 Å². The van der Waals surface area contributed by atoms with E-state index < -0.39 is 0 Å². The summed E-state index contributed by atoms with van der Waals surface area (Å²) < 4.78 is 1.86. The summed E-state index contributed by atoms with van der Waals surface area (Å²) in [6.45, 7) is 9.77. The van der Waals surface area contributed by atoms with Gasteiger partial charge in [-0.15, -0.1) is 11.3 Å². The van der Waals surface area contributed by atoms with Crippen molar-refractivity contribution in [3.8, 4) is 0 Å². The van der Waals surface area contributed by atoms with Crippen LogP contribution in [-0.4, -0.2) is 46.4 Å². The van der Waals surface area contributed by atoms with Gasteiger partial charge in [-0.1, -0.05) is 0 Å². The Bertz CT molecular complexity index is 749. The molecule has 0 radical (unpaired) electrons. The maximum absolute atomic E-state index is 4.78. The minimum Gasteiger partial charge on any atom is -0.367 e. The fourth-order valence-corrected chi connectivity index (χ4v) is 4.15. The lowest BCUT2D eigenvalue weighted by Crippen LogP contribution is -2.51.